The van der Waals surface area contributed by atoms with E-state index < -0.39 is 18.3 Å². The molecule has 12 heavy (non-hydrogen) atoms. The molecular weight excluding hydrogens is 160 g/mol. The van der Waals surface area contributed by atoms with Gasteiger partial charge < -0.3 is 20.1 Å². The predicted octanol–water partition coefficient (Wildman–Crippen LogP) is -0.484. The van der Waals surface area contributed by atoms with Crippen molar-refractivity contribution in [3.05, 3.63) is 0 Å². The van der Waals surface area contributed by atoms with Crippen molar-refractivity contribution in [2.45, 2.75) is 38.6 Å². The lowest BCUT2D eigenvalue weighted by Crippen LogP contribution is -2.36. The molecule has 4 nitrogen and oxygen atoms in total. The molecule has 0 bridgehead atoms. The molecule has 1 rings (SSSR count). The topological polar surface area (TPSA) is 69.9 Å². The van der Waals surface area contributed by atoms with Crippen LogP contribution in [0.15, 0.2) is 0 Å². The van der Waals surface area contributed by atoms with Gasteiger partial charge in [-0.2, -0.15) is 0 Å². The average molecular weight is 178 g/mol. The summed E-state index contributed by atoms with van der Waals surface area (Å²) in [6.07, 6.45) is -1.62. The van der Waals surface area contributed by atoms with Gasteiger partial charge in [-0.25, -0.2) is 0 Å². The van der Waals surface area contributed by atoms with Gasteiger partial charge in [0.05, 0.1) is 12.7 Å². The molecule has 0 aromatic rings. The van der Waals surface area contributed by atoms with E-state index in [0.29, 0.717) is 13.0 Å². The molecule has 3 atom stereocenters. The smallest absolute Gasteiger partial charge is 0.111 e. The van der Waals surface area contributed by atoms with E-state index in [9.17, 15) is 0 Å². The third-order valence-corrected chi connectivity index (χ3v) is 1.67. The van der Waals surface area contributed by atoms with Gasteiger partial charge >= 0.3 is 0 Å². The molecule has 0 aromatic heterocycles. The highest BCUT2D eigenvalue weighted by Crippen LogP contribution is 2.15. The summed E-state index contributed by atoms with van der Waals surface area (Å²) >= 11 is 0. The van der Waals surface area contributed by atoms with E-state index in [2.05, 4.69) is 0 Å². The summed E-state index contributed by atoms with van der Waals surface area (Å²) in [7, 11) is 0. The fourth-order valence-electron chi connectivity index (χ4n) is 1.07. The molecule has 0 spiro atoms. The van der Waals surface area contributed by atoms with E-state index in [-0.39, 0.29) is 6.61 Å². The van der Waals surface area contributed by atoms with Gasteiger partial charge in [0.25, 0.3) is 0 Å². The van der Waals surface area contributed by atoms with Crippen molar-refractivity contribution in [2.75, 3.05) is 13.2 Å². The van der Waals surface area contributed by atoms with E-state index in [1.54, 1.807) is 0 Å². The minimum atomic E-state index is -0.947. The molecule has 0 saturated carbocycles. The molecule has 1 fully saturated rings. The molecule has 4 heteroatoms. The second kappa shape index (κ2) is 6.37. The van der Waals surface area contributed by atoms with Gasteiger partial charge in [-0.15, -0.1) is 0 Å². The summed E-state index contributed by atoms with van der Waals surface area (Å²) in [6, 6.07) is 0. The van der Waals surface area contributed by atoms with Crippen LogP contribution in [0.5, 0.6) is 0 Å². The Morgan fingerprint density at radius 3 is 2.42 bits per heavy atom. The molecule has 74 valence electrons. The SMILES string of the molecule is CC.OCC(O)C1OCCC1O. The number of rotatable bonds is 2. The van der Waals surface area contributed by atoms with Crippen molar-refractivity contribution >= 4 is 0 Å². The van der Waals surface area contributed by atoms with Gasteiger partial charge in [0.1, 0.15) is 12.2 Å². The van der Waals surface area contributed by atoms with Crippen LogP contribution >= 0.6 is 0 Å². The van der Waals surface area contributed by atoms with Crippen molar-refractivity contribution in [2.24, 2.45) is 0 Å². The second-order valence-corrected chi connectivity index (χ2v) is 2.44. The van der Waals surface area contributed by atoms with Crippen molar-refractivity contribution in [3.8, 4) is 0 Å². The van der Waals surface area contributed by atoms with E-state index >= 15 is 0 Å². The van der Waals surface area contributed by atoms with Crippen molar-refractivity contribution in [3.63, 3.8) is 0 Å². The number of ether oxygens (including phenoxy) is 1. The number of hydrogen-bond acceptors (Lipinski definition) is 4. The van der Waals surface area contributed by atoms with Crippen LogP contribution in [0.1, 0.15) is 20.3 Å². The zero-order valence-corrected chi connectivity index (χ0v) is 7.60. The maximum absolute atomic E-state index is 9.09. The third-order valence-electron chi connectivity index (χ3n) is 1.67. The molecule has 1 heterocycles. The predicted molar refractivity (Wildman–Crippen MR) is 44.8 cm³/mol. The lowest BCUT2D eigenvalue weighted by molar-refractivity contribution is -0.0645. The summed E-state index contributed by atoms with van der Waals surface area (Å²) in [4.78, 5) is 0. The van der Waals surface area contributed by atoms with E-state index in [4.69, 9.17) is 20.1 Å². The first-order chi connectivity index (χ1) is 5.75. The van der Waals surface area contributed by atoms with Crippen LogP contribution in [0.2, 0.25) is 0 Å². The first kappa shape index (κ1) is 11.8. The molecule has 0 radical (unpaired) electrons. The highest BCUT2D eigenvalue weighted by molar-refractivity contribution is 4.80. The number of hydrogen-bond donors (Lipinski definition) is 3. The molecule has 0 aromatic carbocycles. The quantitative estimate of drug-likeness (QED) is 0.534. The summed E-state index contributed by atoms with van der Waals surface area (Å²) in [5.41, 5.74) is 0. The highest BCUT2D eigenvalue weighted by atomic mass is 16.5. The summed E-state index contributed by atoms with van der Waals surface area (Å²) in [6.45, 7) is 4.10. The fourth-order valence-corrected chi connectivity index (χ4v) is 1.07. The van der Waals surface area contributed by atoms with Gasteiger partial charge in [-0.05, 0) is 6.42 Å². The van der Waals surface area contributed by atoms with E-state index in [0.717, 1.165) is 0 Å². The molecule has 0 aliphatic carbocycles. The maximum atomic E-state index is 9.09. The van der Waals surface area contributed by atoms with Gasteiger partial charge in [0.15, 0.2) is 0 Å². The largest absolute Gasteiger partial charge is 0.394 e. The van der Waals surface area contributed by atoms with Crippen LogP contribution in [0, 0.1) is 0 Å². The third kappa shape index (κ3) is 3.06. The lowest BCUT2D eigenvalue weighted by atomic mass is 10.1. The van der Waals surface area contributed by atoms with Gasteiger partial charge in [0, 0.05) is 6.61 Å². The Bertz CT molecular complexity index is 107. The lowest BCUT2D eigenvalue weighted by Gasteiger charge is -2.17. The Balaban J connectivity index is 0.000000561. The van der Waals surface area contributed by atoms with Gasteiger partial charge in [-0.3, -0.25) is 0 Å². The van der Waals surface area contributed by atoms with Gasteiger partial charge in [0.2, 0.25) is 0 Å². The van der Waals surface area contributed by atoms with Crippen LogP contribution in [0.4, 0.5) is 0 Å². The number of aliphatic hydroxyl groups is 3. The minimum Gasteiger partial charge on any atom is -0.394 e. The average Bonchev–Trinajstić information content (AvgIpc) is 2.54. The Labute approximate surface area is 72.8 Å². The monoisotopic (exact) mass is 178 g/mol. The number of aliphatic hydroxyl groups excluding tert-OH is 3. The molecule has 3 unspecified atom stereocenters. The van der Waals surface area contributed by atoms with Crippen molar-refractivity contribution in [1.82, 2.24) is 0 Å². The Hall–Kier alpha value is -0.160. The first-order valence-electron chi connectivity index (χ1n) is 4.34. The van der Waals surface area contributed by atoms with Crippen LogP contribution in [0.3, 0.4) is 0 Å². The maximum Gasteiger partial charge on any atom is 0.111 e. The Morgan fingerprint density at radius 2 is 2.08 bits per heavy atom. The molecule has 1 aliphatic rings. The normalized spacial score (nSPS) is 30.8. The molecule has 3 N–H and O–H groups in total. The van der Waals surface area contributed by atoms with E-state index in [1.807, 2.05) is 13.8 Å². The van der Waals surface area contributed by atoms with E-state index in [1.165, 1.54) is 0 Å². The van der Waals surface area contributed by atoms with Crippen LogP contribution in [-0.2, 0) is 4.74 Å². The second-order valence-electron chi connectivity index (χ2n) is 2.44. The zero-order valence-electron chi connectivity index (χ0n) is 7.60. The van der Waals surface area contributed by atoms with Crippen LogP contribution in [0.25, 0.3) is 0 Å². The fraction of sp³-hybridized carbons (Fsp3) is 1.00. The standard InChI is InChI=1S/C6H12O4.C2H6/c7-3-5(9)6-4(8)1-2-10-6;1-2/h4-9H,1-3H2;1-2H3. The summed E-state index contributed by atoms with van der Waals surface area (Å²) in [5.74, 6) is 0. The van der Waals surface area contributed by atoms with Gasteiger partial charge in [-0.1, -0.05) is 13.8 Å². The Morgan fingerprint density at radius 1 is 1.50 bits per heavy atom. The van der Waals surface area contributed by atoms with Crippen molar-refractivity contribution in [1.29, 1.82) is 0 Å². The Kier molecular flexibility index (Phi) is 6.28. The molecule has 1 aliphatic heterocycles. The molecule has 1 saturated heterocycles. The highest BCUT2D eigenvalue weighted by Gasteiger charge is 2.31. The summed E-state index contributed by atoms with van der Waals surface area (Å²) in [5, 5.41) is 26.6. The summed E-state index contributed by atoms with van der Waals surface area (Å²) < 4.78 is 4.96. The molecular formula is C8H18O4. The molecule has 0 amide bonds. The minimum absolute atomic E-state index is 0.359. The zero-order chi connectivity index (χ0) is 9.56. The van der Waals surface area contributed by atoms with Crippen LogP contribution in [-0.4, -0.2) is 46.8 Å². The van der Waals surface area contributed by atoms with Crippen LogP contribution < -0.4 is 0 Å². The van der Waals surface area contributed by atoms with Crippen molar-refractivity contribution < 1.29 is 20.1 Å². The first-order valence-corrected chi connectivity index (χ1v) is 4.34.